The van der Waals surface area contributed by atoms with Crippen LogP contribution in [0.2, 0.25) is 0 Å². The maximum absolute atomic E-state index is 8.90. The summed E-state index contributed by atoms with van der Waals surface area (Å²) in [5.41, 5.74) is 7.26. The third-order valence-corrected chi connectivity index (χ3v) is 2.39. The fourth-order valence-electron chi connectivity index (χ4n) is 1.49. The predicted octanol–water partition coefficient (Wildman–Crippen LogP) is 1.23. The van der Waals surface area contributed by atoms with Crippen LogP contribution >= 0.6 is 0 Å². The maximum Gasteiger partial charge on any atom is 0.140 e. The number of nitrogens with two attached hydrogens (primary N) is 1. The number of hydrogen-bond acceptors (Lipinski definition) is 3. The molecule has 0 spiro atoms. The Morgan fingerprint density at radius 1 is 1.69 bits per heavy atom. The zero-order valence-electron chi connectivity index (χ0n) is 7.62. The van der Waals surface area contributed by atoms with E-state index in [1.54, 1.807) is 4.68 Å². The Bertz CT molecular complexity index is 368. The Hall–Kier alpha value is -1.50. The normalized spacial score (nSPS) is 15.7. The summed E-state index contributed by atoms with van der Waals surface area (Å²) in [7, 11) is 0. The smallest absolute Gasteiger partial charge is 0.140 e. The van der Waals surface area contributed by atoms with Gasteiger partial charge in [-0.25, -0.2) is 4.68 Å². The number of rotatable bonds is 2. The molecule has 0 saturated heterocycles. The number of nitrogen functional groups attached to an aromatic ring is 1. The molecule has 1 aromatic heterocycles. The summed E-state index contributed by atoms with van der Waals surface area (Å²) in [6.45, 7) is 2.70. The van der Waals surface area contributed by atoms with Crippen molar-refractivity contribution in [3.63, 3.8) is 0 Å². The summed E-state index contributed by atoms with van der Waals surface area (Å²) < 4.78 is 1.70. The van der Waals surface area contributed by atoms with E-state index in [-0.39, 0.29) is 0 Å². The molecule has 0 unspecified atom stereocenters. The number of nitriles is 1. The molecule has 0 radical (unpaired) electrons. The van der Waals surface area contributed by atoms with Crippen molar-refractivity contribution in [2.75, 3.05) is 5.73 Å². The maximum atomic E-state index is 8.90. The quantitative estimate of drug-likeness (QED) is 0.737. The van der Waals surface area contributed by atoms with Crippen molar-refractivity contribution >= 4 is 5.82 Å². The van der Waals surface area contributed by atoms with Crippen LogP contribution in [0, 0.1) is 11.3 Å². The summed E-state index contributed by atoms with van der Waals surface area (Å²) in [6, 6.07) is 2.13. The zero-order valence-corrected chi connectivity index (χ0v) is 7.62. The van der Waals surface area contributed by atoms with E-state index in [2.05, 4.69) is 11.2 Å². The highest BCUT2D eigenvalue weighted by Crippen LogP contribution is 2.41. The van der Waals surface area contributed by atoms with Crippen molar-refractivity contribution in [2.45, 2.75) is 32.2 Å². The molecule has 1 saturated carbocycles. The molecule has 1 aliphatic carbocycles. The summed E-state index contributed by atoms with van der Waals surface area (Å²) in [4.78, 5) is 0. The Morgan fingerprint density at radius 3 is 2.85 bits per heavy atom. The van der Waals surface area contributed by atoms with Crippen molar-refractivity contribution in [1.82, 2.24) is 9.78 Å². The van der Waals surface area contributed by atoms with Crippen LogP contribution in [0.1, 0.15) is 36.9 Å². The van der Waals surface area contributed by atoms with Gasteiger partial charge >= 0.3 is 0 Å². The van der Waals surface area contributed by atoms with E-state index >= 15 is 0 Å². The summed E-state index contributed by atoms with van der Waals surface area (Å²) >= 11 is 0. The van der Waals surface area contributed by atoms with Gasteiger partial charge in [0, 0.05) is 12.5 Å². The summed E-state index contributed by atoms with van der Waals surface area (Å²) in [6.07, 6.45) is 2.30. The van der Waals surface area contributed by atoms with E-state index in [1.165, 1.54) is 0 Å². The number of anilines is 1. The topological polar surface area (TPSA) is 67.6 Å². The second-order valence-corrected chi connectivity index (χ2v) is 3.35. The Kier molecular flexibility index (Phi) is 1.73. The lowest BCUT2D eigenvalue weighted by atomic mass is 10.2. The first-order chi connectivity index (χ1) is 6.27. The van der Waals surface area contributed by atoms with Crippen molar-refractivity contribution in [3.05, 3.63) is 11.3 Å². The minimum atomic E-state index is 0.491. The van der Waals surface area contributed by atoms with E-state index in [0.717, 1.165) is 25.1 Å². The van der Waals surface area contributed by atoms with Gasteiger partial charge in [0.25, 0.3) is 0 Å². The number of hydrogen-bond donors (Lipinski definition) is 1. The predicted molar refractivity (Wildman–Crippen MR) is 49.0 cm³/mol. The molecule has 4 heteroatoms. The third-order valence-electron chi connectivity index (χ3n) is 2.39. The van der Waals surface area contributed by atoms with Crippen LogP contribution < -0.4 is 5.73 Å². The van der Waals surface area contributed by atoms with Crippen molar-refractivity contribution in [3.8, 4) is 6.07 Å². The molecular formula is C9H12N4. The van der Waals surface area contributed by atoms with Crippen molar-refractivity contribution < 1.29 is 0 Å². The van der Waals surface area contributed by atoms with E-state index in [9.17, 15) is 0 Å². The standard InChI is InChI=1S/C9H12N4/c1-2-13-9(11)7(5-10)8(12-13)6-3-4-6/h6H,2-4,11H2,1H3. The van der Waals surface area contributed by atoms with Gasteiger partial charge in [-0.1, -0.05) is 0 Å². The molecule has 1 fully saturated rings. The molecule has 1 heterocycles. The molecule has 13 heavy (non-hydrogen) atoms. The van der Waals surface area contributed by atoms with Crippen LogP contribution in [0.25, 0.3) is 0 Å². The number of aryl methyl sites for hydroxylation is 1. The average molecular weight is 176 g/mol. The molecule has 0 aliphatic heterocycles. The van der Waals surface area contributed by atoms with Gasteiger partial charge in [-0.15, -0.1) is 0 Å². The SMILES string of the molecule is CCn1nc(C2CC2)c(C#N)c1N. The third kappa shape index (κ3) is 1.17. The lowest BCUT2D eigenvalue weighted by Gasteiger charge is -1.95. The minimum Gasteiger partial charge on any atom is -0.383 e. The molecule has 2 rings (SSSR count). The van der Waals surface area contributed by atoms with Crippen LogP contribution in [0.4, 0.5) is 5.82 Å². The van der Waals surface area contributed by atoms with Gasteiger partial charge in [0.05, 0.1) is 5.69 Å². The zero-order chi connectivity index (χ0) is 9.42. The largest absolute Gasteiger partial charge is 0.383 e. The first-order valence-corrected chi connectivity index (χ1v) is 4.54. The van der Waals surface area contributed by atoms with Gasteiger partial charge in [0.2, 0.25) is 0 Å². The molecule has 0 atom stereocenters. The second kappa shape index (κ2) is 2.77. The molecule has 0 aromatic carbocycles. The van der Waals surface area contributed by atoms with Crippen LogP contribution in [-0.4, -0.2) is 9.78 Å². The van der Waals surface area contributed by atoms with E-state index in [1.807, 2.05) is 6.92 Å². The lowest BCUT2D eigenvalue weighted by Crippen LogP contribution is -2.02. The number of aromatic nitrogens is 2. The molecule has 1 aliphatic rings. The van der Waals surface area contributed by atoms with Gasteiger partial charge in [-0.05, 0) is 19.8 Å². The van der Waals surface area contributed by atoms with Crippen LogP contribution in [0.15, 0.2) is 0 Å². The fraction of sp³-hybridized carbons (Fsp3) is 0.556. The second-order valence-electron chi connectivity index (χ2n) is 3.35. The first kappa shape index (κ1) is 8.11. The van der Waals surface area contributed by atoms with E-state index in [4.69, 9.17) is 11.0 Å². The highest BCUT2D eigenvalue weighted by molar-refractivity contribution is 5.53. The van der Waals surface area contributed by atoms with Crippen molar-refractivity contribution in [2.24, 2.45) is 0 Å². The molecule has 2 N–H and O–H groups in total. The van der Waals surface area contributed by atoms with E-state index in [0.29, 0.717) is 17.3 Å². The molecular weight excluding hydrogens is 164 g/mol. The van der Waals surface area contributed by atoms with Gasteiger partial charge in [-0.3, -0.25) is 0 Å². The van der Waals surface area contributed by atoms with Crippen molar-refractivity contribution in [1.29, 1.82) is 5.26 Å². The number of nitrogens with zero attached hydrogens (tertiary/aromatic N) is 3. The fourth-order valence-corrected chi connectivity index (χ4v) is 1.49. The average Bonchev–Trinajstić information content (AvgIpc) is 2.91. The summed E-state index contributed by atoms with van der Waals surface area (Å²) in [5, 5.41) is 13.2. The molecule has 4 nitrogen and oxygen atoms in total. The monoisotopic (exact) mass is 176 g/mol. The Balaban J connectivity index is 2.49. The minimum absolute atomic E-state index is 0.491. The van der Waals surface area contributed by atoms with E-state index < -0.39 is 0 Å². The van der Waals surface area contributed by atoms with Gasteiger partial charge < -0.3 is 5.73 Å². The lowest BCUT2D eigenvalue weighted by molar-refractivity contribution is 0.656. The summed E-state index contributed by atoms with van der Waals surface area (Å²) in [5.74, 6) is 1.01. The van der Waals surface area contributed by atoms with Gasteiger partial charge in [0.1, 0.15) is 17.5 Å². The highest BCUT2D eigenvalue weighted by Gasteiger charge is 2.30. The molecule has 68 valence electrons. The molecule has 0 amide bonds. The van der Waals surface area contributed by atoms with Crippen LogP contribution in [0.5, 0.6) is 0 Å². The molecule has 0 bridgehead atoms. The van der Waals surface area contributed by atoms with Gasteiger partial charge in [0.15, 0.2) is 0 Å². The Labute approximate surface area is 77.0 Å². The molecule has 1 aromatic rings. The van der Waals surface area contributed by atoms with Crippen LogP contribution in [-0.2, 0) is 6.54 Å². The Morgan fingerprint density at radius 2 is 2.38 bits per heavy atom. The van der Waals surface area contributed by atoms with Crippen LogP contribution in [0.3, 0.4) is 0 Å². The first-order valence-electron chi connectivity index (χ1n) is 4.54. The highest BCUT2D eigenvalue weighted by atomic mass is 15.3. The van der Waals surface area contributed by atoms with Gasteiger partial charge in [-0.2, -0.15) is 10.4 Å².